The molecule has 0 aliphatic carbocycles. The Morgan fingerprint density at radius 3 is 2.30 bits per heavy atom. The summed E-state index contributed by atoms with van der Waals surface area (Å²) in [5.41, 5.74) is 5.49. The molecule has 3 aromatic carbocycles. The van der Waals surface area contributed by atoms with Crippen LogP contribution >= 0.6 is 0 Å². The largest absolute Gasteiger partial charge is 0.361 e. The second-order valence-corrected chi connectivity index (χ2v) is 12.1. The number of anilines is 1. The minimum absolute atomic E-state index is 0.0148. The molecule has 204 valence electrons. The van der Waals surface area contributed by atoms with E-state index in [0.717, 1.165) is 32.5 Å². The maximum Gasteiger partial charge on any atom is 0.252 e. The summed E-state index contributed by atoms with van der Waals surface area (Å²) in [5.74, 6) is -1.09. The maximum absolute atomic E-state index is 14.5. The summed E-state index contributed by atoms with van der Waals surface area (Å²) < 4.78 is 30.2. The number of aromatic nitrogens is 1. The molecule has 1 saturated heterocycles. The fourth-order valence-corrected chi connectivity index (χ4v) is 7.66. The first-order chi connectivity index (χ1) is 19.0. The zero-order chi connectivity index (χ0) is 28.8. The molecule has 1 aliphatic rings. The van der Waals surface area contributed by atoms with Gasteiger partial charge < -0.3 is 4.98 Å². The number of nitrogens with one attached hydrogen (secondary N) is 1. The molecule has 40 heavy (non-hydrogen) atoms. The molecule has 1 atom stereocenters. The molecule has 0 saturated carbocycles. The van der Waals surface area contributed by atoms with Crippen molar-refractivity contribution in [3.8, 4) is 6.07 Å². The van der Waals surface area contributed by atoms with Crippen LogP contribution in [-0.2, 0) is 26.0 Å². The molecule has 2 heterocycles. The third kappa shape index (κ3) is 4.59. The number of sulfonamides is 1. The second-order valence-electron chi connectivity index (χ2n) is 10.3. The highest BCUT2D eigenvalue weighted by Gasteiger charge is 2.47. The van der Waals surface area contributed by atoms with Gasteiger partial charge in [0.05, 0.1) is 28.6 Å². The monoisotopic (exact) mass is 554 g/mol. The molecule has 0 spiro atoms. The highest BCUT2D eigenvalue weighted by molar-refractivity contribution is 7.89. The smallest absolute Gasteiger partial charge is 0.252 e. The minimum atomic E-state index is -4.19. The van der Waals surface area contributed by atoms with E-state index in [2.05, 4.69) is 4.98 Å². The van der Waals surface area contributed by atoms with Crippen LogP contribution in [0.2, 0.25) is 0 Å². The Morgan fingerprint density at radius 2 is 1.65 bits per heavy atom. The number of hydrogen-bond donors (Lipinski definition) is 1. The van der Waals surface area contributed by atoms with Gasteiger partial charge in [0.1, 0.15) is 6.04 Å². The number of aryl methyl sites for hydroxylation is 2. The van der Waals surface area contributed by atoms with Gasteiger partial charge in [0.2, 0.25) is 15.9 Å². The summed E-state index contributed by atoms with van der Waals surface area (Å²) in [7, 11) is -4.19. The normalized spacial score (nSPS) is 15.8. The molecule has 1 unspecified atom stereocenters. The van der Waals surface area contributed by atoms with E-state index in [1.807, 2.05) is 56.4 Å². The second kappa shape index (κ2) is 10.4. The molecule has 1 fully saturated rings. The number of imide groups is 1. The predicted octanol–water partition coefficient (Wildman–Crippen LogP) is 4.84. The number of rotatable bonds is 7. The Bertz CT molecular complexity index is 1770. The van der Waals surface area contributed by atoms with Crippen molar-refractivity contribution in [3.05, 3.63) is 94.2 Å². The molecule has 4 aromatic rings. The molecule has 1 aromatic heterocycles. The lowest BCUT2D eigenvalue weighted by molar-refractivity contribution is -0.122. The fourth-order valence-electron chi connectivity index (χ4n) is 5.49. The van der Waals surface area contributed by atoms with E-state index in [1.165, 1.54) is 28.6 Å². The number of benzene rings is 3. The number of carbonyl (C=O) groups is 2. The van der Waals surface area contributed by atoms with Gasteiger partial charge >= 0.3 is 0 Å². The molecule has 0 radical (unpaired) electrons. The number of hydrogen-bond acceptors (Lipinski definition) is 5. The SMILES string of the molecule is Cc1cc(C)c(C)c(S(=O)(=O)N(CCc2c[nH]c3ccccc23)C2CC(=O)N(c3ccc(C#N)cc3)C2=O)c1C. The van der Waals surface area contributed by atoms with Crippen molar-refractivity contribution in [1.29, 1.82) is 5.26 Å². The standard InChI is InChI=1S/C31H30N4O4S/c1-19-15-20(2)22(4)30(21(19)3)40(38,39)34(14-13-24-18-33-27-8-6-5-7-26(24)27)28-16-29(36)35(31(28)37)25-11-9-23(17-32)10-12-25/h5-12,15,18,28,33H,13-14,16H2,1-4H3. The summed E-state index contributed by atoms with van der Waals surface area (Å²) in [5, 5.41) is 10.1. The first-order valence-corrected chi connectivity index (χ1v) is 14.5. The van der Waals surface area contributed by atoms with E-state index in [0.29, 0.717) is 28.8 Å². The summed E-state index contributed by atoms with van der Waals surface area (Å²) in [6.07, 6.45) is 1.93. The van der Waals surface area contributed by atoms with Gasteiger partial charge in [-0.1, -0.05) is 24.3 Å². The molecule has 9 heteroatoms. The lowest BCUT2D eigenvalue weighted by Crippen LogP contribution is -2.46. The van der Waals surface area contributed by atoms with Gasteiger partial charge in [-0.15, -0.1) is 0 Å². The number of fused-ring (bicyclic) bond motifs is 1. The molecule has 5 rings (SSSR count). The predicted molar refractivity (Wildman–Crippen MR) is 153 cm³/mol. The van der Waals surface area contributed by atoms with Gasteiger partial charge in [0.15, 0.2) is 0 Å². The van der Waals surface area contributed by atoms with Crippen LogP contribution in [0.15, 0.2) is 65.7 Å². The lowest BCUT2D eigenvalue weighted by Gasteiger charge is -2.29. The van der Waals surface area contributed by atoms with Gasteiger partial charge in [0.25, 0.3) is 5.91 Å². The van der Waals surface area contributed by atoms with Gasteiger partial charge in [-0.2, -0.15) is 9.57 Å². The number of carbonyl (C=O) groups excluding carboxylic acids is 2. The summed E-state index contributed by atoms with van der Waals surface area (Å²) >= 11 is 0. The number of nitrogens with zero attached hydrogens (tertiary/aromatic N) is 3. The van der Waals surface area contributed by atoms with Crippen molar-refractivity contribution < 1.29 is 18.0 Å². The summed E-state index contributed by atoms with van der Waals surface area (Å²) in [4.78, 5) is 31.4. The zero-order valence-electron chi connectivity index (χ0n) is 22.9. The van der Waals surface area contributed by atoms with Crippen molar-refractivity contribution in [1.82, 2.24) is 9.29 Å². The number of H-pyrrole nitrogens is 1. The molecule has 2 amide bonds. The Morgan fingerprint density at radius 1 is 1.00 bits per heavy atom. The highest BCUT2D eigenvalue weighted by atomic mass is 32.2. The Kier molecular flexibility index (Phi) is 7.08. The van der Waals surface area contributed by atoms with Gasteiger partial charge in [-0.3, -0.25) is 9.59 Å². The van der Waals surface area contributed by atoms with Gasteiger partial charge in [0, 0.05) is 23.6 Å². The Labute approximate surface area is 233 Å². The first-order valence-electron chi connectivity index (χ1n) is 13.1. The zero-order valence-corrected chi connectivity index (χ0v) is 23.7. The quantitative estimate of drug-likeness (QED) is 0.329. The Balaban J connectivity index is 1.58. The van der Waals surface area contributed by atoms with Gasteiger partial charge in [-0.25, -0.2) is 13.3 Å². The molecule has 1 aliphatic heterocycles. The molecular formula is C31H30N4O4S. The molecule has 0 bridgehead atoms. The first kappa shape index (κ1) is 27.3. The third-order valence-corrected chi connectivity index (χ3v) is 10.0. The molecule has 8 nitrogen and oxygen atoms in total. The van der Waals surface area contributed by atoms with Crippen molar-refractivity contribution in [3.63, 3.8) is 0 Å². The fraction of sp³-hybridized carbons (Fsp3) is 0.258. The number of para-hydroxylation sites is 1. The van der Waals surface area contributed by atoms with Crippen molar-refractivity contribution >= 4 is 38.4 Å². The lowest BCUT2D eigenvalue weighted by atomic mass is 10.0. The highest BCUT2D eigenvalue weighted by Crippen LogP contribution is 2.34. The Hall–Kier alpha value is -4.26. The average molecular weight is 555 g/mol. The maximum atomic E-state index is 14.5. The van der Waals surface area contributed by atoms with Crippen molar-refractivity contribution in [2.24, 2.45) is 0 Å². The number of aromatic amines is 1. The van der Waals surface area contributed by atoms with Crippen molar-refractivity contribution in [2.75, 3.05) is 11.4 Å². The van der Waals surface area contributed by atoms with Crippen LogP contribution in [-0.4, -0.2) is 42.1 Å². The van der Waals surface area contributed by atoms with E-state index >= 15 is 0 Å². The molecule has 1 N–H and O–H groups in total. The van der Waals surface area contributed by atoms with E-state index in [9.17, 15) is 18.0 Å². The van der Waals surface area contributed by atoms with Crippen LogP contribution in [0.3, 0.4) is 0 Å². The van der Waals surface area contributed by atoms with E-state index in [1.54, 1.807) is 13.8 Å². The van der Waals surface area contributed by atoms with Crippen LogP contribution in [0, 0.1) is 39.0 Å². The molecular weight excluding hydrogens is 524 g/mol. The topological polar surface area (TPSA) is 114 Å². The van der Waals surface area contributed by atoms with Crippen LogP contribution in [0.1, 0.15) is 39.8 Å². The van der Waals surface area contributed by atoms with E-state index in [-0.39, 0.29) is 17.9 Å². The van der Waals surface area contributed by atoms with E-state index in [4.69, 9.17) is 5.26 Å². The summed E-state index contributed by atoms with van der Waals surface area (Å²) in [6.45, 7) is 7.30. The number of nitriles is 1. The van der Waals surface area contributed by atoms with Crippen molar-refractivity contribution in [2.45, 2.75) is 51.5 Å². The summed E-state index contributed by atoms with van der Waals surface area (Å²) in [6, 6.07) is 16.6. The average Bonchev–Trinajstić information content (AvgIpc) is 3.47. The van der Waals surface area contributed by atoms with Crippen LogP contribution in [0.5, 0.6) is 0 Å². The van der Waals surface area contributed by atoms with Gasteiger partial charge in [-0.05, 0) is 92.3 Å². The van der Waals surface area contributed by atoms with Crippen LogP contribution in [0.25, 0.3) is 10.9 Å². The minimum Gasteiger partial charge on any atom is -0.361 e. The van der Waals surface area contributed by atoms with Crippen LogP contribution in [0.4, 0.5) is 5.69 Å². The van der Waals surface area contributed by atoms with E-state index < -0.39 is 27.9 Å². The number of amides is 2. The van der Waals surface area contributed by atoms with Crippen LogP contribution < -0.4 is 4.90 Å². The third-order valence-electron chi connectivity index (χ3n) is 7.87.